The van der Waals surface area contributed by atoms with Gasteiger partial charge in [0.05, 0.1) is 0 Å². The Bertz CT molecular complexity index is 392. The van der Waals surface area contributed by atoms with Crippen LogP contribution >= 0.6 is 0 Å². The molecule has 16 heavy (non-hydrogen) atoms. The van der Waals surface area contributed by atoms with Crippen molar-refractivity contribution < 1.29 is 14.7 Å². The summed E-state index contributed by atoms with van der Waals surface area (Å²) in [5.41, 5.74) is 10.9. The van der Waals surface area contributed by atoms with Crippen molar-refractivity contribution in [1.29, 1.82) is 0 Å². The minimum absolute atomic E-state index is 0.0497. The zero-order chi connectivity index (χ0) is 12.1. The smallest absolute Gasteiger partial charge is 0.328 e. The molecule has 0 aliphatic heterocycles. The maximum atomic E-state index is 11.1. The first kappa shape index (κ1) is 12.0. The quantitative estimate of drug-likeness (QED) is 0.441. The Hall–Kier alpha value is -2.11. The number of aliphatic carboxylic acids is 1. The van der Waals surface area contributed by atoms with Gasteiger partial charge >= 0.3 is 5.97 Å². The second kappa shape index (κ2) is 5.11. The van der Waals surface area contributed by atoms with Gasteiger partial charge in [-0.1, -0.05) is 12.2 Å². The Morgan fingerprint density at radius 1 is 1.56 bits per heavy atom. The number of ketones is 1. The SMILES string of the molecule is NC(N)=N[C@@H](CC1=CC(=O)CC=C1)C(=O)O. The monoisotopic (exact) mass is 223 g/mol. The van der Waals surface area contributed by atoms with Gasteiger partial charge in [0.15, 0.2) is 17.8 Å². The van der Waals surface area contributed by atoms with Gasteiger partial charge in [-0.3, -0.25) is 4.79 Å². The molecule has 0 aromatic heterocycles. The molecular formula is C10H13N3O3. The molecule has 0 spiro atoms. The summed E-state index contributed by atoms with van der Waals surface area (Å²) < 4.78 is 0. The van der Waals surface area contributed by atoms with Crippen molar-refractivity contribution in [3.63, 3.8) is 0 Å². The van der Waals surface area contributed by atoms with Crippen molar-refractivity contribution in [2.75, 3.05) is 0 Å². The standard InChI is InChI=1S/C10H13N3O3/c11-10(12)13-8(9(15)16)5-6-2-1-3-7(14)4-6/h1-2,4,8H,3,5H2,(H,15,16)(H4,11,12,13)/t8-/m0/s1. The summed E-state index contributed by atoms with van der Waals surface area (Å²) in [5.74, 6) is -1.45. The number of guanidine groups is 1. The highest BCUT2D eigenvalue weighted by molar-refractivity contribution is 5.93. The summed E-state index contributed by atoms with van der Waals surface area (Å²) in [6.45, 7) is 0. The van der Waals surface area contributed by atoms with Crippen LogP contribution in [0.4, 0.5) is 0 Å². The number of allylic oxidation sites excluding steroid dienone is 3. The van der Waals surface area contributed by atoms with Crippen LogP contribution in [-0.4, -0.2) is 28.9 Å². The van der Waals surface area contributed by atoms with Gasteiger partial charge in [0.25, 0.3) is 0 Å². The molecule has 1 aliphatic carbocycles. The third-order valence-electron chi connectivity index (χ3n) is 2.02. The molecule has 1 rings (SSSR count). The number of nitrogens with zero attached hydrogens (tertiary/aromatic N) is 1. The van der Waals surface area contributed by atoms with Crippen molar-refractivity contribution in [3.05, 3.63) is 23.8 Å². The molecule has 6 nitrogen and oxygen atoms in total. The second-order valence-corrected chi connectivity index (χ2v) is 3.40. The zero-order valence-corrected chi connectivity index (χ0v) is 8.59. The maximum absolute atomic E-state index is 11.1. The number of aliphatic imine (C=N–C) groups is 1. The number of rotatable bonds is 4. The molecule has 0 aromatic carbocycles. The Morgan fingerprint density at radius 2 is 2.25 bits per heavy atom. The van der Waals surface area contributed by atoms with E-state index < -0.39 is 12.0 Å². The van der Waals surface area contributed by atoms with E-state index in [4.69, 9.17) is 16.6 Å². The minimum Gasteiger partial charge on any atom is -0.480 e. The average molecular weight is 223 g/mol. The molecule has 0 heterocycles. The van der Waals surface area contributed by atoms with Crippen molar-refractivity contribution >= 4 is 17.7 Å². The third kappa shape index (κ3) is 3.56. The second-order valence-electron chi connectivity index (χ2n) is 3.40. The Kier molecular flexibility index (Phi) is 3.82. The molecule has 1 atom stereocenters. The number of carboxylic acid groups (broad SMARTS) is 1. The lowest BCUT2D eigenvalue weighted by atomic mass is 10.00. The van der Waals surface area contributed by atoms with Crippen molar-refractivity contribution in [2.45, 2.75) is 18.9 Å². The first-order valence-electron chi connectivity index (χ1n) is 4.70. The van der Waals surface area contributed by atoms with E-state index in [1.165, 1.54) is 6.08 Å². The lowest BCUT2D eigenvalue weighted by Crippen LogP contribution is -2.29. The highest BCUT2D eigenvalue weighted by Crippen LogP contribution is 2.15. The number of carboxylic acids is 1. The van der Waals surface area contributed by atoms with E-state index in [0.717, 1.165) is 0 Å². The predicted octanol–water partition coefficient (Wildman–Crippen LogP) is -0.442. The van der Waals surface area contributed by atoms with E-state index in [1.807, 2.05) is 0 Å². The number of carbonyl (C=O) groups excluding carboxylic acids is 1. The largest absolute Gasteiger partial charge is 0.480 e. The molecule has 0 amide bonds. The van der Waals surface area contributed by atoms with Crippen LogP contribution < -0.4 is 11.5 Å². The summed E-state index contributed by atoms with van der Waals surface area (Å²) in [4.78, 5) is 25.5. The number of hydrogen-bond donors (Lipinski definition) is 3. The normalized spacial score (nSPS) is 16.5. The van der Waals surface area contributed by atoms with Crippen molar-refractivity contribution in [2.24, 2.45) is 16.5 Å². The van der Waals surface area contributed by atoms with Crippen LogP contribution in [0, 0.1) is 0 Å². The fraction of sp³-hybridized carbons (Fsp3) is 0.300. The molecule has 86 valence electrons. The van der Waals surface area contributed by atoms with Crippen molar-refractivity contribution in [1.82, 2.24) is 0 Å². The van der Waals surface area contributed by atoms with E-state index in [-0.39, 0.29) is 18.2 Å². The van der Waals surface area contributed by atoms with Crippen LogP contribution in [-0.2, 0) is 9.59 Å². The van der Waals surface area contributed by atoms with E-state index in [0.29, 0.717) is 12.0 Å². The van der Waals surface area contributed by atoms with Gasteiger partial charge in [-0.25, -0.2) is 9.79 Å². The first-order valence-corrected chi connectivity index (χ1v) is 4.70. The van der Waals surface area contributed by atoms with Gasteiger partial charge < -0.3 is 16.6 Å². The van der Waals surface area contributed by atoms with Gasteiger partial charge in [-0.2, -0.15) is 0 Å². The third-order valence-corrected chi connectivity index (χ3v) is 2.02. The predicted molar refractivity (Wildman–Crippen MR) is 58.7 cm³/mol. The fourth-order valence-electron chi connectivity index (χ4n) is 1.36. The van der Waals surface area contributed by atoms with Gasteiger partial charge in [-0.15, -0.1) is 0 Å². The molecule has 1 aliphatic rings. The van der Waals surface area contributed by atoms with E-state index in [2.05, 4.69) is 4.99 Å². The fourth-order valence-corrected chi connectivity index (χ4v) is 1.36. The van der Waals surface area contributed by atoms with Gasteiger partial charge in [0.2, 0.25) is 0 Å². The topological polar surface area (TPSA) is 119 Å². The number of carbonyl (C=O) groups is 2. The molecule has 0 unspecified atom stereocenters. The molecule has 0 fully saturated rings. The maximum Gasteiger partial charge on any atom is 0.328 e. The average Bonchev–Trinajstić information content (AvgIpc) is 2.15. The van der Waals surface area contributed by atoms with Crippen LogP contribution in [0.25, 0.3) is 0 Å². The van der Waals surface area contributed by atoms with Crippen LogP contribution in [0.3, 0.4) is 0 Å². The summed E-state index contributed by atoms with van der Waals surface area (Å²) in [6.07, 6.45) is 5.27. The van der Waals surface area contributed by atoms with Crippen LogP contribution in [0.15, 0.2) is 28.8 Å². The van der Waals surface area contributed by atoms with Gasteiger partial charge in [0.1, 0.15) is 0 Å². The molecule has 6 heteroatoms. The molecular weight excluding hydrogens is 210 g/mol. The summed E-state index contributed by atoms with van der Waals surface area (Å²) in [7, 11) is 0. The lowest BCUT2D eigenvalue weighted by Gasteiger charge is -2.10. The first-order chi connectivity index (χ1) is 7.49. The summed E-state index contributed by atoms with van der Waals surface area (Å²) in [5, 5.41) is 8.86. The van der Waals surface area contributed by atoms with Crippen molar-refractivity contribution in [3.8, 4) is 0 Å². The van der Waals surface area contributed by atoms with Crippen LogP contribution in [0.1, 0.15) is 12.8 Å². The molecule has 0 bridgehead atoms. The minimum atomic E-state index is -1.12. The highest BCUT2D eigenvalue weighted by atomic mass is 16.4. The zero-order valence-electron chi connectivity index (χ0n) is 8.59. The van der Waals surface area contributed by atoms with E-state index in [9.17, 15) is 9.59 Å². The lowest BCUT2D eigenvalue weighted by molar-refractivity contribution is -0.138. The molecule has 5 N–H and O–H groups in total. The number of nitrogens with two attached hydrogens (primary N) is 2. The molecule has 0 radical (unpaired) electrons. The molecule has 0 saturated heterocycles. The highest BCUT2D eigenvalue weighted by Gasteiger charge is 2.18. The Balaban J connectivity index is 2.76. The van der Waals surface area contributed by atoms with Crippen LogP contribution in [0.2, 0.25) is 0 Å². The van der Waals surface area contributed by atoms with Crippen LogP contribution in [0.5, 0.6) is 0 Å². The Labute approximate surface area is 92.3 Å². The van der Waals surface area contributed by atoms with E-state index >= 15 is 0 Å². The molecule has 0 saturated carbocycles. The summed E-state index contributed by atoms with van der Waals surface area (Å²) in [6, 6.07) is -1.05. The van der Waals surface area contributed by atoms with E-state index in [1.54, 1.807) is 12.2 Å². The molecule has 0 aromatic rings. The van der Waals surface area contributed by atoms with Gasteiger partial charge in [-0.05, 0) is 11.6 Å². The number of hydrogen-bond acceptors (Lipinski definition) is 3. The van der Waals surface area contributed by atoms with Gasteiger partial charge in [0, 0.05) is 12.8 Å². The Morgan fingerprint density at radius 3 is 2.75 bits per heavy atom. The summed E-state index contributed by atoms with van der Waals surface area (Å²) >= 11 is 0.